The van der Waals surface area contributed by atoms with E-state index in [1.165, 1.54) is 44.9 Å². The molecule has 2 nitrogen and oxygen atoms in total. The molecule has 2 heteroatoms. The fourth-order valence-electron chi connectivity index (χ4n) is 2.44. The minimum Gasteiger partial charge on any atom is -0.494 e. The van der Waals surface area contributed by atoms with Crippen LogP contribution in [0.4, 0.5) is 0 Å². The molecule has 135 valence electrons. The SMILES string of the molecule is CCCCCCCCCCOc1ccc(C=[C]C(C)(N)CC)cc1. The molecule has 1 aromatic carbocycles. The van der Waals surface area contributed by atoms with Gasteiger partial charge in [-0.05, 0) is 49.6 Å². The van der Waals surface area contributed by atoms with Gasteiger partial charge >= 0.3 is 0 Å². The van der Waals surface area contributed by atoms with E-state index in [4.69, 9.17) is 10.5 Å². The van der Waals surface area contributed by atoms with E-state index in [0.29, 0.717) is 0 Å². The number of benzene rings is 1. The molecule has 0 saturated carbocycles. The van der Waals surface area contributed by atoms with Gasteiger partial charge in [-0.25, -0.2) is 0 Å². The van der Waals surface area contributed by atoms with Gasteiger partial charge < -0.3 is 10.5 Å². The number of hydrogen-bond donors (Lipinski definition) is 1. The summed E-state index contributed by atoms with van der Waals surface area (Å²) < 4.78 is 5.81. The van der Waals surface area contributed by atoms with Gasteiger partial charge in [-0.2, -0.15) is 0 Å². The molecule has 24 heavy (non-hydrogen) atoms. The molecule has 0 aliphatic rings. The number of ether oxygens (including phenoxy) is 1. The lowest BCUT2D eigenvalue weighted by molar-refractivity contribution is 0.304. The van der Waals surface area contributed by atoms with E-state index in [9.17, 15) is 0 Å². The number of nitrogens with two attached hydrogens (primary N) is 1. The second-order valence-electron chi connectivity index (χ2n) is 6.95. The molecule has 2 N–H and O–H groups in total. The van der Waals surface area contributed by atoms with Gasteiger partial charge in [-0.15, -0.1) is 0 Å². The molecular formula is C22H36NO. The molecule has 0 spiro atoms. The second kappa shape index (κ2) is 12.1. The summed E-state index contributed by atoms with van der Waals surface area (Å²) in [7, 11) is 0. The fourth-order valence-corrected chi connectivity index (χ4v) is 2.44. The van der Waals surface area contributed by atoms with Gasteiger partial charge in [0, 0.05) is 5.54 Å². The highest BCUT2D eigenvalue weighted by molar-refractivity contribution is 5.49. The maximum atomic E-state index is 6.07. The van der Waals surface area contributed by atoms with Gasteiger partial charge in [0.2, 0.25) is 0 Å². The van der Waals surface area contributed by atoms with Crippen molar-refractivity contribution in [3.8, 4) is 5.75 Å². The van der Waals surface area contributed by atoms with Crippen LogP contribution in [0, 0.1) is 6.08 Å². The fraction of sp³-hybridized carbons (Fsp3) is 0.636. The summed E-state index contributed by atoms with van der Waals surface area (Å²) in [6.07, 6.45) is 16.7. The molecule has 1 atom stereocenters. The molecule has 0 bridgehead atoms. The molecule has 0 aliphatic heterocycles. The Morgan fingerprint density at radius 1 is 0.958 bits per heavy atom. The van der Waals surface area contributed by atoms with Crippen molar-refractivity contribution in [3.63, 3.8) is 0 Å². The zero-order chi connectivity index (χ0) is 17.7. The first kappa shape index (κ1) is 20.8. The van der Waals surface area contributed by atoms with Crippen molar-refractivity contribution in [1.29, 1.82) is 0 Å². The van der Waals surface area contributed by atoms with Crippen LogP contribution in [0.1, 0.15) is 84.1 Å². The molecule has 0 heterocycles. The van der Waals surface area contributed by atoms with E-state index in [1.807, 2.05) is 25.1 Å². The van der Waals surface area contributed by atoms with Crippen LogP contribution in [-0.2, 0) is 0 Å². The van der Waals surface area contributed by atoms with Crippen LogP contribution in [0.2, 0.25) is 0 Å². The van der Waals surface area contributed by atoms with Crippen molar-refractivity contribution in [2.75, 3.05) is 6.61 Å². The van der Waals surface area contributed by atoms with E-state index in [1.54, 1.807) is 0 Å². The Kier molecular flexibility index (Phi) is 10.5. The molecule has 1 rings (SSSR count). The van der Waals surface area contributed by atoms with E-state index in [-0.39, 0.29) is 5.54 Å². The first-order chi connectivity index (χ1) is 11.6. The quantitative estimate of drug-likeness (QED) is 0.440. The third-order valence-corrected chi connectivity index (χ3v) is 4.45. The molecule has 0 fully saturated rings. The van der Waals surface area contributed by atoms with Crippen LogP contribution >= 0.6 is 0 Å². The average Bonchev–Trinajstić information content (AvgIpc) is 2.59. The lowest BCUT2D eigenvalue weighted by atomic mass is 9.99. The van der Waals surface area contributed by atoms with E-state index < -0.39 is 0 Å². The number of rotatable bonds is 13. The van der Waals surface area contributed by atoms with Gasteiger partial charge in [0.15, 0.2) is 0 Å². The Bertz CT molecular complexity index is 448. The Morgan fingerprint density at radius 2 is 1.54 bits per heavy atom. The van der Waals surface area contributed by atoms with Crippen molar-refractivity contribution in [1.82, 2.24) is 0 Å². The van der Waals surface area contributed by atoms with E-state index in [0.717, 1.165) is 30.8 Å². The molecule has 0 aliphatic carbocycles. The molecular weight excluding hydrogens is 294 g/mol. The zero-order valence-electron chi connectivity index (χ0n) is 15.9. The van der Waals surface area contributed by atoms with Crippen molar-refractivity contribution >= 4 is 6.08 Å². The summed E-state index contributed by atoms with van der Waals surface area (Å²) >= 11 is 0. The molecule has 0 saturated heterocycles. The van der Waals surface area contributed by atoms with Crippen molar-refractivity contribution in [2.24, 2.45) is 5.73 Å². The van der Waals surface area contributed by atoms with Crippen LogP contribution in [0.3, 0.4) is 0 Å². The Hall–Kier alpha value is -1.28. The maximum Gasteiger partial charge on any atom is 0.119 e. The monoisotopic (exact) mass is 330 g/mol. The normalized spacial score (nSPS) is 14.0. The Balaban J connectivity index is 2.16. The Morgan fingerprint density at radius 3 is 2.12 bits per heavy atom. The summed E-state index contributed by atoms with van der Waals surface area (Å²) in [6, 6.07) is 8.17. The van der Waals surface area contributed by atoms with Gasteiger partial charge in [-0.1, -0.05) is 70.9 Å². The lowest BCUT2D eigenvalue weighted by Crippen LogP contribution is -2.32. The summed E-state index contributed by atoms with van der Waals surface area (Å²) in [4.78, 5) is 0. The minimum atomic E-state index is -0.355. The zero-order valence-corrected chi connectivity index (χ0v) is 15.9. The van der Waals surface area contributed by atoms with Crippen molar-refractivity contribution in [3.05, 3.63) is 35.9 Å². The minimum absolute atomic E-state index is 0.355. The molecule has 1 aromatic rings. The smallest absolute Gasteiger partial charge is 0.119 e. The first-order valence-corrected chi connectivity index (χ1v) is 9.70. The lowest BCUT2D eigenvalue weighted by Gasteiger charge is -2.16. The van der Waals surface area contributed by atoms with Crippen molar-refractivity contribution in [2.45, 2.75) is 84.1 Å². The summed E-state index contributed by atoms with van der Waals surface area (Å²) in [5.74, 6) is 0.945. The van der Waals surface area contributed by atoms with Crippen molar-refractivity contribution < 1.29 is 4.74 Å². The third-order valence-electron chi connectivity index (χ3n) is 4.45. The van der Waals surface area contributed by atoms with Crippen LogP contribution in [-0.4, -0.2) is 12.1 Å². The van der Waals surface area contributed by atoms with Gasteiger partial charge in [0.25, 0.3) is 0 Å². The summed E-state index contributed by atoms with van der Waals surface area (Å²) in [5.41, 5.74) is 6.82. The highest BCUT2D eigenvalue weighted by Gasteiger charge is 2.10. The van der Waals surface area contributed by atoms with Gasteiger partial charge in [0.05, 0.1) is 6.61 Å². The number of unbranched alkanes of at least 4 members (excludes halogenated alkanes) is 7. The topological polar surface area (TPSA) is 35.2 Å². The van der Waals surface area contributed by atoms with Gasteiger partial charge in [0.1, 0.15) is 5.75 Å². The standard InChI is InChI=1S/C22H36NO/c1-4-6-7-8-9-10-11-12-19-24-21-15-13-20(14-16-21)17-18-22(3,23)5-2/h13-17H,4-12,19,23H2,1-3H3. The predicted molar refractivity (Wildman–Crippen MR) is 105 cm³/mol. The van der Waals surface area contributed by atoms with E-state index in [2.05, 4.69) is 32.1 Å². The molecule has 0 aromatic heterocycles. The molecule has 0 amide bonds. The van der Waals surface area contributed by atoms with Crippen LogP contribution in [0.5, 0.6) is 5.75 Å². The number of hydrogen-bond acceptors (Lipinski definition) is 2. The van der Waals surface area contributed by atoms with Crippen LogP contribution in [0.15, 0.2) is 24.3 Å². The second-order valence-corrected chi connectivity index (χ2v) is 6.95. The largest absolute Gasteiger partial charge is 0.494 e. The predicted octanol–water partition coefficient (Wildman–Crippen LogP) is 6.15. The average molecular weight is 331 g/mol. The molecule has 1 unspecified atom stereocenters. The highest BCUT2D eigenvalue weighted by Crippen LogP contribution is 2.16. The maximum absolute atomic E-state index is 6.07. The highest BCUT2D eigenvalue weighted by atomic mass is 16.5. The van der Waals surface area contributed by atoms with Gasteiger partial charge in [-0.3, -0.25) is 0 Å². The molecule has 1 radical (unpaired) electrons. The Labute approximate surface area is 149 Å². The first-order valence-electron chi connectivity index (χ1n) is 9.70. The summed E-state index contributed by atoms with van der Waals surface area (Å²) in [6.45, 7) is 7.14. The van der Waals surface area contributed by atoms with Crippen LogP contribution < -0.4 is 10.5 Å². The van der Waals surface area contributed by atoms with Crippen LogP contribution in [0.25, 0.3) is 6.08 Å². The van der Waals surface area contributed by atoms with E-state index >= 15 is 0 Å². The third kappa shape index (κ3) is 9.77. The summed E-state index contributed by atoms with van der Waals surface area (Å²) in [5, 5.41) is 0.